The molecule has 1 amide bonds. The average Bonchev–Trinajstić information content (AvgIpc) is 2.36. The molecule has 0 atom stereocenters. The minimum absolute atomic E-state index is 0.148. The molecule has 2 rings (SSSR count). The zero-order chi connectivity index (χ0) is 13.8. The number of carbonyl (C=O) groups excluding carboxylic acids is 1. The van der Waals surface area contributed by atoms with Gasteiger partial charge in [0.2, 0.25) is 0 Å². The molecule has 100 valence electrons. The van der Waals surface area contributed by atoms with E-state index in [1.54, 1.807) is 0 Å². The van der Waals surface area contributed by atoms with Gasteiger partial charge in [0.15, 0.2) is 0 Å². The molecule has 0 aromatic heterocycles. The molecule has 1 aromatic rings. The highest BCUT2D eigenvalue weighted by molar-refractivity contribution is 5.96. The summed E-state index contributed by atoms with van der Waals surface area (Å²) >= 11 is 0. The maximum Gasteiger partial charge on any atom is 0.254 e. The third-order valence-electron chi connectivity index (χ3n) is 3.44. The Hall–Kier alpha value is -1.83. The van der Waals surface area contributed by atoms with Gasteiger partial charge in [0.25, 0.3) is 5.91 Å². The highest BCUT2D eigenvalue weighted by atomic mass is 16.2. The second kappa shape index (κ2) is 5.87. The first kappa shape index (κ1) is 13.6. The fourth-order valence-electron chi connectivity index (χ4n) is 2.40. The molecular formula is C17H21NO. The molecule has 1 aliphatic heterocycles. The van der Waals surface area contributed by atoms with Gasteiger partial charge in [-0.2, -0.15) is 0 Å². The van der Waals surface area contributed by atoms with Gasteiger partial charge in [-0.3, -0.25) is 4.79 Å². The molecular weight excluding hydrogens is 234 g/mol. The molecule has 1 aromatic carbocycles. The monoisotopic (exact) mass is 255 g/mol. The molecule has 0 saturated heterocycles. The van der Waals surface area contributed by atoms with Crippen LogP contribution in [-0.4, -0.2) is 23.4 Å². The second-order valence-electron chi connectivity index (χ2n) is 5.27. The Labute approximate surface area is 115 Å². The van der Waals surface area contributed by atoms with Gasteiger partial charge in [-0.15, -0.1) is 0 Å². The Kier molecular flexibility index (Phi) is 4.20. The summed E-state index contributed by atoms with van der Waals surface area (Å²) in [4.78, 5) is 14.5. The van der Waals surface area contributed by atoms with Gasteiger partial charge in [-0.05, 0) is 38.8 Å². The minimum atomic E-state index is 0.148. The van der Waals surface area contributed by atoms with Gasteiger partial charge in [0.05, 0.1) is 0 Å². The molecule has 0 unspecified atom stereocenters. The van der Waals surface area contributed by atoms with E-state index >= 15 is 0 Å². The molecule has 0 fully saturated rings. The van der Waals surface area contributed by atoms with Crippen LogP contribution in [-0.2, 0) is 6.42 Å². The van der Waals surface area contributed by atoms with E-state index in [2.05, 4.69) is 32.9 Å². The van der Waals surface area contributed by atoms with Gasteiger partial charge in [-0.25, -0.2) is 0 Å². The Morgan fingerprint density at radius 3 is 2.47 bits per heavy atom. The molecule has 0 N–H and O–H groups in total. The number of carbonyl (C=O) groups is 1. The molecule has 1 aliphatic rings. The van der Waals surface area contributed by atoms with Crippen LogP contribution in [0.4, 0.5) is 0 Å². The highest BCUT2D eigenvalue weighted by Crippen LogP contribution is 2.19. The second-order valence-corrected chi connectivity index (χ2v) is 5.27. The summed E-state index contributed by atoms with van der Waals surface area (Å²) in [6, 6.07) is 14.3. The zero-order valence-electron chi connectivity index (χ0n) is 11.9. The summed E-state index contributed by atoms with van der Waals surface area (Å²) in [5, 5.41) is 0. The first-order valence-electron chi connectivity index (χ1n) is 6.83. The molecule has 2 heteroatoms. The molecule has 1 heterocycles. The summed E-state index contributed by atoms with van der Waals surface area (Å²) in [6.45, 7) is 7.01. The molecule has 19 heavy (non-hydrogen) atoms. The van der Waals surface area contributed by atoms with Crippen molar-refractivity contribution in [3.63, 3.8) is 0 Å². The average molecular weight is 255 g/mol. The van der Waals surface area contributed by atoms with Crippen molar-refractivity contribution in [1.29, 1.82) is 0 Å². The lowest BCUT2D eigenvalue weighted by atomic mass is 9.98. The number of aryl methyl sites for hydroxylation is 1. The molecule has 0 aliphatic carbocycles. The molecule has 0 bridgehead atoms. The number of amides is 1. The van der Waals surface area contributed by atoms with Crippen molar-refractivity contribution in [2.75, 3.05) is 6.54 Å². The standard InChI is InChI=1S/C17H21NO/c1-13(2)18-11-10-15-12-14(3)8-6-4-5-7-9-16(15)17(18)19/h4-9,12-13H,10-11H2,1-3H3. The molecule has 2 nitrogen and oxygen atoms in total. The van der Waals surface area contributed by atoms with Gasteiger partial charge in [0.1, 0.15) is 0 Å². The van der Waals surface area contributed by atoms with Gasteiger partial charge in [0, 0.05) is 18.2 Å². The lowest BCUT2D eigenvalue weighted by Crippen LogP contribution is -2.41. The van der Waals surface area contributed by atoms with Gasteiger partial charge >= 0.3 is 0 Å². The summed E-state index contributed by atoms with van der Waals surface area (Å²) in [6.07, 6.45) is 0.929. The zero-order valence-corrected chi connectivity index (χ0v) is 11.9. The van der Waals surface area contributed by atoms with Crippen molar-refractivity contribution < 1.29 is 4.79 Å². The molecule has 0 saturated carbocycles. The fraction of sp³-hybridized carbons (Fsp3) is 0.353. The number of fused-ring (bicyclic) bond motifs is 1. The number of nitrogens with zero attached hydrogens (tertiary/aromatic N) is 1. The van der Waals surface area contributed by atoms with Crippen LogP contribution in [0.2, 0.25) is 0 Å². The quantitative estimate of drug-likeness (QED) is 0.752. The van der Waals surface area contributed by atoms with Crippen LogP contribution in [0.15, 0.2) is 42.5 Å². The summed E-state index contributed by atoms with van der Waals surface area (Å²) in [5.74, 6) is 0.148. The summed E-state index contributed by atoms with van der Waals surface area (Å²) in [7, 11) is 0. The van der Waals surface area contributed by atoms with E-state index in [0.29, 0.717) is 0 Å². The van der Waals surface area contributed by atoms with Crippen LogP contribution in [0.1, 0.15) is 35.3 Å². The normalized spacial score (nSPS) is 14.1. The SMILES string of the molecule is Cc1ccccccc2c(c1)CCN(C(C)C)C2=O. The van der Waals surface area contributed by atoms with E-state index in [0.717, 1.165) is 24.1 Å². The van der Waals surface area contributed by atoms with E-state index < -0.39 is 0 Å². The Morgan fingerprint density at radius 1 is 1.11 bits per heavy atom. The number of hydrogen-bond donors (Lipinski definition) is 0. The van der Waals surface area contributed by atoms with Crippen LogP contribution in [0.5, 0.6) is 0 Å². The predicted molar refractivity (Wildman–Crippen MR) is 78.7 cm³/mol. The Bertz CT molecular complexity index is 533. The lowest BCUT2D eigenvalue weighted by molar-refractivity contribution is 0.0689. The maximum absolute atomic E-state index is 12.5. The van der Waals surface area contributed by atoms with Crippen LogP contribution >= 0.6 is 0 Å². The Balaban J connectivity index is 2.57. The fourth-order valence-corrected chi connectivity index (χ4v) is 2.40. The Morgan fingerprint density at radius 2 is 1.79 bits per heavy atom. The van der Waals surface area contributed by atoms with Crippen LogP contribution in [0.25, 0.3) is 0 Å². The summed E-state index contributed by atoms with van der Waals surface area (Å²) in [5.41, 5.74) is 3.16. The van der Waals surface area contributed by atoms with Gasteiger partial charge < -0.3 is 4.90 Å². The number of rotatable bonds is 1. The van der Waals surface area contributed by atoms with Gasteiger partial charge in [-0.1, -0.05) is 42.0 Å². The van der Waals surface area contributed by atoms with Crippen molar-refractivity contribution in [1.82, 2.24) is 4.90 Å². The smallest absolute Gasteiger partial charge is 0.254 e. The first-order valence-corrected chi connectivity index (χ1v) is 6.83. The van der Waals surface area contributed by atoms with Crippen molar-refractivity contribution in [3.8, 4) is 0 Å². The van der Waals surface area contributed by atoms with Crippen molar-refractivity contribution in [3.05, 3.63) is 59.2 Å². The third kappa shape index (κ3) is 3.14. The van der Waals surface area contributed by atoms with E-state index in [1.165, 1.54) is 5.56 Å². The van der Waals surface area contributed by atoms with E-state index in [4.69, 9.17) is 0 Å². The predicted octanol–water partition coefficient (Wildman–Crippen LogP) is 3.53. The molecule has 0 spiro atoms. The number of hydrogen-bond acceptors (Lipinski definition) is 1. The van der Waals surface area contributed by atoms with Crippen LogP contribution in [0.3, 0.4) is 0 Å². The van der Waals surface area contributed by atoms with E-state index in [-0.39, 0.29) is 11.9 Å². The minimum Gasteiger partial charge on any atom is -0.336 e. The summed E-state index contributed by atoms with van der Waals surface area (Å²) < 4.78 is 0. The van der Waals surface area contributed by atoms with E-state index in [9.17, 15) is 4.79 Å². The van der Waals surface area contributed by atoms with Crippen LogP contribution < -0.4 is 0 Å². The highest BCUT2D eigenvalue weighted by Gasteiger charge is 2.24. The van der Waals surface area contributed by atoms with Crippen molar-refractivity contribution in [2.45, 2.75) is 33.2 Å². The molecule has 0 radical (unpaired) electrons. The van der Waals surface area contributed by atoms with Crippen LogP contribution in [0, 0.1) is 6.92 Å². The largest absolute Gasteiger partial charge is 0.336 e. The third-order valence-corrected chi connectivity index (χ3v) is 3.44. The lowest BCUT2D eigenvalue weighted by Gasteiger charge is -2.31. The van der Waals surface area contributed by atoms with E-state index in [1.807, 2.05) is 35.2 Å². The maximum atomic E-state index is 12.5. The van der Waals surface area contributed by atoms with Crippen molar-refractivity contribution in [2.24, 2.45) is 0 Å². The van der Waals surface area contributed by atoms with Crippen molar-refractivity contribution >= 4 is 5.91 Å². The first-order chi connectivity index (χ1) is 9.09. The topological polar surface area (TPSA) is 20.3 Å².